The molecule has 2 atom stereocenters. The molecule has 0 saturated heterocycles. The van der Waals surface area contributed by atoms with Crippen LogP contribution >= 0.6 is 0 Å². The molecule has 37 heavy (non-hydrogen) atoms. The number of nitrogens with one attached hydrogen (secondary N) is 1. The zero-order valence-electron chi connectivity index (χ0n) is 21.8. The Labute approximate surface area is 219 Å². The first-order chi connectivity index (χ1) is 18.0. The topological polar surface area (TPSA) is 49.4 Å². The van der Waals surface area contributed by atoms with Gasteiger partial charge in [0.25, 0.3) is 0 Å². The molecule has 4 aromatic rings. The summed E-state index contributed by atoms with van der Waals surface area (Å²) in [5.41, 5.74) is 6.54. The third-order valence-corrected chi connectivity index (χ3v) is 7.72. The molecule has 0 fully saturated rings. The van der Waals surface area contributed by atoms with E-state index in [9.17, 15) is 9.59 Å². The molecule has 0 aromatic heterocycles. The van der Waals surface area contributed by atoms with Crippen LogP contribution in [0.3, 0.4) is 0 Å². The van der Waals surface area contributed by atoms with E-state index in [1.165, 1.54) is 0 Å². The number of aryl methyl sites for hydroxylation is 2. The number of fused-ring (bicyclic) bond motifs is 2. The van der Waals surface area contributed by atoms with Crippen molar-refractivity contribution < 1.29 is 9.59 Å². The smallest absolute Gasteiger partial charge is 0.249 e. The molecule has 0 bridgehead atoms. The van der Waals surface area contributed by atoms with E-state index in [-0.39, 0.29) is 17.7 Å². The molecule has 0 aliphatic carbocycles. The lowest BCUT2D eigenvalue weighted by Gasteiger charge is -2.28. The molecule has 4 aromatic carbocycles. The molecule has 2 amide bonds. The van der Waals surface area contributed by atoms with Gasteiger partial charge in [0.05, 0.1) is 6.54 Å². The van der Waals surface area contributed by atoms with Gasteiger partial charge in [-0.05, 0) is 70.8 Å². The normalized spacial score (nSPS) is 16.2. The number of benzene rings is 4. The number of nitrogens with zero attached hydrogens (tertiary/aromatic N) is 1. The Balaban J connectivity index is 1.61. The number of amides is 2. The van der Waals surface area contributed by atoms with Crippen LogP contribution in [0.1, 0.15) is 43.4 Å². The van der Waals surface area contributed by atoms with E-state index in [0.717, 1.165) is 57.1 Å². The summed E-state index contributed by atoms with van der Waals surface area (Å²) in [7, 11) is 0. The van der Waals surface area contributed by atoms with Crippen LogP contribution in [0.5, 0.6) is 0 Å². The average molecular weight is 491 g/mol. The van der Waals surface area contributed by atoms with Crippen molar-refractivity contribution in [2.75, 3.05) is 4.90 Å². The van der Waals surface area contributed by atoms with Crippen molar-refractivity contribution >= 4 is 28.3 Å². The molecule has 0 radical (unpaired) electrons. The highest BCUT2D eigenvalue weighted by atomic mass is 16.2. The van der Waals surface area contributed by atoms with Gasteiger partial charge in [0.2, 0.25) is 11.8 Å². The zero-order valence-corrected chi connectivity index (χ0v) is 21.8. The fourth-order valence-corrected chi connectivity index (χ4v) is 5.18. The third kappa shape index (κ3) is 5.01. The maximum absolute atomic E-state index is 14.2. The van der Waals surface area contributed by atoms with E-state index in [1.54, 1.807) is 0 Å². The number of hydrogen-bond donors (Lipinski definition) is 1. The Bertz CT molecular complexity index is 1440. The molecule has 0 spiro atoms. The van der Waals surface area contributed by atoms with Crippen molar-refractivity contribution in [1.29, 1.82) is 0 Å². The van der Waals surface area contributed by atoms with Crippen molar-refractivity contribution in [3.8, 4) is 11.1 Å². The largest absolute Gasteiger partial charge is 0.344 e. The Hall–Kier alpha value is -3.92. The van der Waals surface area contributed by atoms with Crippen LogP contribution in [-0.2, 0) is 22.6 Å². The van der Waals surface area contributed by atoms with Crippen molar-refractivity contribution in [2.45, 2.75) is 52.6 Å². The number of anilines is 1. The van der Waals surface area contributed by atoms with Gasteiger partial charge in [-0.15, -0.1) is 0 Å². The molecular formula is C33H34N2O2. The van der Waals surface area contributed by atoms with Gasteiger partial charge in [-0.25, -0.2) is 0 Å². The van der Waals surface area contributed by atoms with E-state index < -0.39 is 6.04 Å². The van der Waals surface area contributed by atoms with Crippen molar-refractivity contribution in [1.82, 2.24) is 5.32 Å². The minimum Gasteiger partial charge on any atom is -0.344 e. The average Bonchev–Trinajstić information content (AvgIpc) is 3.06. The predicted octanol–water partition coefficient (Wildman–Crippen LogP) is 6.83. The molecule has 1 aliphatic heterocycles. The van der Waals surface area contributed by atoms with Crippen LogP contribution in [0.2, 0.25) is 0 Å². The first kappa shape index (κ1) is 24.8. The van der Waals surface area contributed by atoms with Crippen molar-refractivity contribution in [3.63, 3.8) is 0 Å². The van der Waals surface area contributed by atoms with Gasteiger partial charge >= 0.3 is 0 Å². The molecule has 1 N–H and O–H groups in total. The quantitative estimate of drug-likeness (QED) is 0.322. The Morgan fingerprint density at radius 2 is 1.73 bits per heavy atom. The van der Waals surface area contributed by atoms with Crippen LogP contribution in [0.15, 0.2) is 84.9 Å². The minimum absolute atomic E-state index is 0.0482. The lowest BCUT2D eigenvalue weighted by atomic mass is 9.98. The molecule has 5 rings (SSSR count). The third-order valence-electron chi connectivity index (χ3n) is 7.72. The summed E-state index contributed by atoms with van der Waals surface area (Å²) >= 11 is 0. The highest BCUT2D eigenvalue weighted by Crippen LogP contribution is 2.35. The summed E-state index contributed by atoms with van der Waals surface area (Å²) in [4.78, 5) is 28.9. The Kier molecular flexibility index (Phi) is 7.09. The Morgan fingerprint density at radius 3 is 2.51 bits per heavy atom. The van der Waals surface area contributed by atoms with Gasteiger partial charge in [-0.1, -0.05) is 92.7 Å². The highest BCUT2D eigenvalue weighted by Gasteiger charge is 2.33. The van der Waals surface area contributed by atoms with Crippen LogP contribution in [0.25, 0.3) is 21.9 Å². The summed E-state index contributed by atoms with van der Waals surface area (Å²) in [5.74, 6) is -0.233. The van der Waals surface area contributed by atoms with Gasteiger partial charge in [0, 0.05) is 11.6 Å². The molecule has 0 unspecified atom stereocenters. The first-order valence-electron chi connectivity index (χ1n) is 13.2. The molecule has 1 heterocycles. The van der Waals surface area contributed by atoms with Crippen LogP contribution in [0, 0.1) is 12.8 Å². The Morgan fingerprint density at radius 1 is 0.973 bits per heavy atom. The lowest BCUT2D eigenvalue weighted by molar-refractivity contribution is -0.129. The summed E-state index contributed by atoms with van der Waals surface area (Å²) in [5, 5.41) is 5.39. The van der Waals surface area contributed by atoms with E-state index in [4.69, 9.17) is 0 Å². The summed E-state index contributed by atoms with van der Waals surface area (Å²) in [6, 6.07) is 28.7. The SMILES string of the molecule is CC[C@@H](C)C(=O)N[C@H]1CCc2ccc(-c3ccccc3)cc2N(Cc2c(C)ccc3ccccc23)C1=O. The molecular weight excluding hydrogens is 456 g/mol. The lowest BCUT2D eigenvalue weighted by Crippen LogP contribution is -2.49. The first-order valence-corrected chi connectivity index (χ1v) is 13.2. The molecule has 188 valence electrons. The van der Waals surface area contributed by atoms with Gasteiger partial charge in [-0.3, -0.25) is 9.59 Å². The van der Waals surface area contributed by atoms with Gasteiger partial charge < -0.3 is 10.2 Å². The molecule has 4 nitrogen and oxygen atoms in total. The van der Waals surface area contributed by atoms with Crippen molar-refractivity contribution in [3.05, 3.63) is 102 Å². The number of rotatable bonds is 6. The van der Waals surface area contributed by atoms with E-state index in [2.05, 4.69) is 66.8 Å². The number of carbonyl (C=O) groups is 2. The second-order valence-electron chi connectivity index (χ2n) is 10.1. The number of hydrogen-bond acceptors (Lipinski definition) is 2. The summed E-state index contributed by atoms with van der Waals surface area (Å²) in [6.07, 6.45) is 2.06. The highest BCUT2D eigenvalue weighted by molar-refractivity contribution is 6.02. The van der Waals surface area contributed by atoms with E-state index >= 15 is 0 Å². The monoisotopic (exact) mass is 490 g/mol. The second kappa shape index (κ2) is 10.6. The van der Waals surface area contributed by atoms with Gasteiger partial charge in [0.1, 0.15) is 6.04 Å². The van der Waals surface area contributed by atoms with Gasteiger partial charge in [0.15, 0.2) is 0 Å². The maximum atomic E-state index is 14.2. The van der Waals surface area contributed by atoms with Crippen molar-refractivity contribution in [2.24, 2.45) is 5.92 Å². The minimum atomic E-state index is -0.552. The van der Waals surface area contributed by atoms with Crippen LogP contribution in [-0.4, -0.2) is 17.9 Å². The molecule has 0 saturated carbocycles. The fraction of sp³-hybridized carbons (Fsp3) is 0.273. The molecule has 1 aliphatic rings. The van der Waals surface area contributed by atoms with E-state index in [1.807, 2.05) is 49.1 Å². The predicted molar refractivity (Wildman–Crippen MR) is 151 cm³/mol. The second-order valence-corrected chi connectivity index (χ2v) is 10.1. The maximum Gasteiger partial charge on any atom is 0.249 e. The standard InChI is InChI=1S/C33H34N2O2/c1-4-22(2)32(36)34-30-19-18-26-16-17-27(24-10-6-5-7-11-24)20-31(26)35(33(30)37)21-29-23(3)14-15-25-12-8-9-13-28(25)29/h5-17,20,22,30H,4,18-19,21H2,1-3H3,(H,34,36)/t22-,30+/m1/s1. The zero-order chi connectivity index (χ0) is 25.9. The van der Waals surface area contributed by atoms with Crippen LogP contribution in [0.4, 0.5) is 5.69 Å². The van der Waals surface area contributed by atoms with Crippen LogP contribution < -0.4 is 10.2 Å². The van der Waals surface area contributed by atoms with Gasteiger partial charge in [-0.2, -0.15) is 0 Å². The number of carbonyl (C=O) groups excluding carboxylic acids is 2. The summed E-state index contributed by atoms with van der Waals surface area (Å²) in [6.45, 7) is 6.46. The van der Waals surface area contributed by atoms with E-state index in [0.29, 0.717) is 13.0 Å². The fourth-order valence-electron chi connectivity index (χ4n) is 5.18. The molecule has 4 heteroatoms. The summed E-state index contributed by atoms with van der Waals surface area (Å²) < 4.78 is 0.